The van der Waals surface area contributed by atoms with Crippen molar-refractivity contribution in [1.82, 2.24) is 10.2 Å². The Morgan fingerprint density at radius 2 is 2.00 bits per heavy atom. The van der Waals surface area contributed by atoms with Crippen molar-refractivity contribution in [2.75, 3.05) is 27.8 Å². The Bertz CT molecular complexity index is 530. The van der Waals surface area contributed by atoms with Gasteiger partial charge in [-0.25, -0.2) is 0 Å². The Morgan fingerprint density at radius 1 is 1.30 bits per heavy atom. The van der Waals surface area contributed by atoms with Crippen LogP contribution in [0.4, 0.5) is 0 Å². The Labute approximate surface area is 117 Å². The molecular formula is C14H18N2O4. The van der Waals surface area contributed by atoms with Gasteiger partial charge in [0, 0.05) is 25.6 Å². The number of amides is 2. The van der Waals surface area contributed by atoms with Crippen molar-refractivity contribution in [3.05, 3.63) is 23.8 Å². The molecule has 1 aromatic rings. The number of likely N-dealkylation sites (tertiary alicyclic amines) is 1. The molecule has 1 fully saturated rings. The van der Waals surface area contributed by atoms with E-state index in [0.29, 0.717) is 30.0 Å². The summed E-state index contributed by atoms with van der Waals surface area (Å²) in [5.74, 6) is 0.890. The molecule has 1 saturated heterocycles. The maximum Gasteiger partial charge on any atom is 0.251 e. The van der Waals surface area contributed by atoms with Crippen molar-refractivity contribution in [1.29, 1.82) is 0 Å². The van der Waals surface area contributed by atoms with E-state index >= 15 is 0 Å². The van der Waals surface area contributed by atoms with Crippen LogP contribution in [0.15, 0.2) is 18.2 Å². The molecule has 0 bridgehead atoms. The van der Waals surface area contributed by atoms with Gasteiger partial charge in [-0.15, -0.1) is 0 Å². The van der Waals surface area contributed by atoms with Crippen molar-refractivity contribution in [3.8, 4) is 11.5 Å². The van der Waals surface area contributed by atoms with Crippen LogP contribution in [0, 0.1) is 0 Å². The van der Waals surface area contributed by atoms with Gasteiger partial charge in [0.1, 0.15) is 0 Å². The first kappa shape index (κ1) is 14.2. The molecule has 2 rings (SSSR count). The SMILES string of the molecule is COc1ccc(C(=O)NC2CC(=O)N(C)C2)cc1OC. The number of nitrogens with one attached hydrogen (secondary N) is 1. The number of nitrogens with zero attached hydrogens (tertiary/aromatic N) is 1. The average molecular weight is 278 g/mol. The van der Waals surface area contributed by atoms with E-state index in [-0.39, 0.29) is 17.9 Å². The summed E-state index contributed by atoms with van der Waals surface area (Å²) in [5.41, 5.74) is 0.477. The first-order valence-electron chi connectivity index (χ1n) is 6.32. The van der Waals surface area contributed by atoms with Gasteiger partial charge in [0.25, 0.3) is 5.91 Å². The third-order valence-corrected chi connectivity index (χ3v) is 3.32. The summed E-state index contributed by atoms with van der Waals surface area (Å²) in [7, 11) is 4.78. The molecule has 1 atom stereocenters. The van der Waals surface area contributed by atoms with Crippen molar-refractivity contribution < 1.29 is 19.1 Å². The molecule has 6 heteroatoms. The Morgan fingerprint density at radius 3 is 2.55 bits per heavy atom. The van der Waals surface area contributed by atoms with E-state index < -0.39 is 0 Å². The molecule has 0 radical (unpaired) electrons. The fourth-order valence-corrected chi connectivity index (χ4v) is 2.21. The second-order valence-electron chi connectivity index (χ2n) is 4.72. The van der Waals surface area contributed by atoms with Crippen molar-refractivity contribution >= 4 is 11.8 Å². The first-order valence-corrected chi connectivity index (χ1v) is 6.32. The number of methoxy groups -OCH3 is 2. The molecular weight excluding hydrogens is 260 g/mol. The molecule has 0 saturated carbocycles. The van der Waals surface area contributed by atoms with E-state index in [1.165, 1.54) is 14.2 Å². The van der Waals surface area contributed by atoms with Crippen LogP contribution in [0.5, 0.6) is 11.5 Å². The van der Waals surface area contributed by atoms with Gasteiger partial charge < -0.3 is 19.7 Å². The minimum absolute atomic E-state index is 0.0441. The fourth-order valence-electron chi connectivity index (χ4n) is 2.21. The van der Waals surface area contributed by atoms with Gasteiger partial charge >= 0.3 is 0 Å². The number of hydrogen-bond donors (Lipinski definition) is 1. The van der Waals surface area contributed by atoms with Crippen LogP contribution in [0.2, 0.25) is 0 Å². The molecule has 1 N–H and O–H groups in total. The minimum atomic E-state index is -0.223. The van der Waals surface area contributed by atoms with E-state index in [9.17, 15) is 9.59 Å². The maximum absolute atomic E-state index is 12.1. The molecule has 1 unspecified atom stereocenters. The highest BCUT2D eigenvalue weighted by molar-refractivity contribution is 5.95. The van der Waals surface area contributed by atoms with Gasteiger partial charge in [-0.3, -0.25) is 9.59 Å². The van der Waals surface area contributed by atoms with Gasteiger partial charge in [0.15, 0.2) is 11.5 Å². The summed E-state index contributed by atoms with van der Waals surface area (Å²) in [6.07, 6.45) is 0.343. The van der Waals surface area contributed by atoms with Gasteiger partial charge in [-0.1, -0.05) is 0 Å². The molecule has 20 heavy (non-hydrogen) atoms. The highest BCUT2D eigenvalue weighted by Crippen LogP contribution is 2.27. The number of benzene rings is 1. The second kappa shape index (κ2) is 5.81. The quantitative estimate of drug-likeness (QED) is 0.878. The smallest absolute Gasteiger partial charge is 0.251 e. The normalized spacial score (nSPS) is 18.1. The molecule has 1 aliphatic rings. The molecule has 0 aliphatic carbocycles. The summed E-state index contributed by atoms with van der Waals surface area (Å²) in [6.45, 7) is 0.540. The molecule has 1 aromatic carbocycles. The Balaban J connectivity index is 2.08. The average Bonchev–Trinajstić information content (AvgIpc) is 2.76. The van der Waals surface area contributed by atoms with Gasteiger partial charge in [0.2, 0.25) is 5.91 Å². The number of likely N-dealkylation sites (N-methyl/N-ethyl adjacent to an activating group) is 1. The first-order chi connectivity index (χ1) is 9.55. The van der Waals surface area contributed by atoms with E-state index in [0.717, 1.165) is 0 Å². The lowest BCUT2D eigenvalue weighted by Gasteiger charge is -2.13. The van der Waals surface area contributed by atoms with Crippen LogP contribution in [0.1, 0.15) is 16.8 Å². The highest BCUT2D eigenvalue weighted by atomic mass is 16.5. The van der Waals surface area contributed by atoms with E-state index in [1.54, 1.807) is 30.1 Å². The predicted octanol–water partition coefficient (Wildman–Crippen LogP) is 0.664. The summed E-state index contributed by atoms with van der Waals surface area (Å²) in [4.78, 5) is 25.2. The number of rotatable bonds is 4. The van der Waals surface area contributed by atoms with E-state index in [4.69, 9.17) is 9.47 Å². The van der Waals surface area contributed by atoms with Gasteiger partial charge in [-0.05, 0) is 18.2 Å². The molecule has 1 heterocycles. The number of ether oxygens (including phenoxy) is 2. The molecule has 1 aliphatic heterocycles. The zero-order chi connectivity index (χ0) is 14.7. The monoisotopic (exact) mass is 278 g/mol. The minimum Gasteiger partial charge on any atom is -0.493 e. The standard InChI is InChI=1S/C14H18N2O4/c1-16-8-10(7-13(16)17)15-14(18)9-4-5-11(19-2)12(6-9)20-3/h4-6,10H,7-8H2,1-3H3,(H,15,18). The van der Waals surface area contributed by atoms with Crippen LogP contribution in [0.3, 0.4) is 0 Å². The molecule has 6 nitrogen and oxygen atoms in total. The fraction of sp³-hybridized carbons (Fsp3) is 0.429. The molecule has 108 valence electrons. The molecule has 0 aromatic heterocycles. The van der Waals surface area contributed by atoms with Crippen LogP contribution in [-0.2, 0) is 4.79 Å². The van der Waals surface area contributed by atoms with Crippen molar-refractivity contribution in [2.45, 2.75) is 12.5 Å². The maximum atomic E-state index is 12.1. The largest absolute Gasteiger partial charge is 0.493 e. The van der Waals surface area contributed by atoms with Crippen LogP contribution in [-0.4, -0.2) is 50.6 Å². The summed E-state index contributed by atoms with van der Waals surface area (Å²) < 4.78 is 10.3. The third-order valence-electron chi connectivity index (χ3n) is 3.32. The molecule has 0 spiro atoms. The van der Waals surface area contributed by atoms with Crippen molar-refractivity contribution in [3.63, 3.8) is 0 Å². The molecule has 2 amide bonds. The Hall–Kier alpha value is -2.24. The Kier molecular flexibility index (Phi) is 4.12. The number of hydrogen-bond acceptors (Lipinski definition) is 4. The lowest BCUT2D eigenvalue weighted by atomic mass is 10.1. The summed E-state index contributed by atoms with van der Waals surface area (Å²) in [5, 5.41) is 2.85. The third kappa shape index (κ3) is 2.84. The zero-order valence-electron chi connectivity index (χ0n) is 11.8. The summed E-state index contributed by atoms with van der Waals surface area (Å²) >= 11 is 0. The predicted molar refractivity (Wildman–Crippen MR) is 73.1 cm³/mol. The topological polar surface area (TPSA) is 67.9 Å². The second-order valence-corrected chi connectivity index (χ2v) is 4.72. The highest BCUT2D eigenvalue weighted by Gasteiger charge is 2.28. The van der Waals surface area contributed by atoms with E-state index in [2.05, 4.69) is 5.32 Å². The number of carbonyl (C=O) groups is 2. The van der Waals surface area contributed by atoms with Crippen molar-refractivity contribution in [2.24, 2.45) is 0 Å². The van der Waals surface area contributed by atoms with E-state index in [1.807, 2.05) is 0 Å². The van der Waals surface area contributed by atoms with Crippen LogP contribution < -0.4 is 14.8 Å². The van der Waals surface area contributed by atoms with Crippen LogP contribution >= 0.6 is 0 Å². The summed E-state index contributed by atoms with van der Waals surface area (Å²) in [6, 6.07) is 4.82. The van der Waals surface area contributed by atoms with Gasteiger partial charge in [0.05, 0.1) is 20.3 Å². The zero-order valence-corrected chi connectivity index (χ0v) is 11.8. The number of carbonyl (C=O) groups excluding carboxylic acids is 2. The lowest BCUT2D eigenvalue weighted by Crippen LogP contribution is -2.36. The van der Waals surface area contributed by atoms with Crippen LogP contribution in [0.25, 0.3) is 0 Å². The van der Waals surface area contributed by atoms with Gasteiger partial charge in [-0.2, -0.15) is 0 Å². The lowest BCUT2D eigenvalue weighted by molar-refractivity contribution is -0.126.